The molecule has 0 heterocycles. The summed E-state index contributed by atoms with van der Waals surface area (Å²) in [6.45, 7) is 2.24. The lowest BCUT2D eigenvalue weighted by Gasteiger charge is -2.20. The van der Waals surface area contributed by atoms with Gasteiger partial charge in [0.25, 0.3) is 0 Å². The Morgan fingerprint density at radius 1 is 1.56 bits per heavy atom. The van der Waals surface area contributed by atoms with Crippen molar-refractivity contribution in [1.82, 2.24) is 5.32 Å². The second kappa shape index (κ2) is 6.86. The van der Waals surface area contributed by atoms with E-state index < -0.39 is 0 Å². The van der Waals surface area contributed by atoms with E-state index in [0.29, 0.717) is 6.42 Å². The number of carbonyl (C=O) groups is 1. The molecular formula is C12H24N2O2. The van der Waals surface area contributed by atoms with Crippen molar-refractivity contribution in [2.24, 2.45) is 11.7 Å². The first kappa shape index (κ1) is 13.5. The fraction of sp³-hybridized carbons (Fsp3) is 0.917. The zero-order valence-corrected chi connectivity index (χ0v) is 10.1. The lowest BCUT2D eigenvalue weighted by molar-refractivity contribution is -0.122. The number of nitrogens with two attached hydrogens (primary N) is 1. The summed E-state index contributed by atoms with van der Waals surface area (Å²) in [6, 6.07) is 0.130. The quantitative estimate of drug-likeness (QED) is 0.629. The van der Waals surface area contributed by atoms with Crippen LogP contribution in [0.25, 0.3) is 0 Å². The summed E-state index contributed by atoms with van der Waals surface area (Å²) in [5.41, 5.74) is 5.82. The largest absolute Gasteiger partial charge is 0.396 e. The van der Waals surface area contributed by atoms with Crippen molar-refractivity contribution in [3.05, 3.63) is 0 Å². The van der Waals surface area contributed by atoms with E-state index in [-0.39, 0.29) is 30.5 Å². The van der Waals surface area contributed by atoms with Crippen LogP contribution < -0.4 is 11.1 Å². The van der Waals surface area contributed by atoms with E-state index in [9.17, 15) is 4.79 Å². The fourth-order valence-electron chi connectivity index (χ4n) is 2.42. The summed E-state index contributed by atoms with van der Waals surface area (Å²) in [4.78, 5) is 11.7. The molecule has 0 aromatic rings. The topological polar surface area (TPSA) is 75.4 Å². The van der Waals surface area contributed by atoms with Crippen LogP contribution in [-0.2, 0) is 4.79 Å². The second-order valence-corrected chi connectivity index (χ2v) is 4.80. The summed E-state index contributed by atoms with van der Waals surface area (Å²) in [5, 5.41) is 12.1. The number of carbonyl (C=O) groups excluding carboxylic acids is 1. The van der Waals surface area contributed by atoms with Crippen molar-refractivity contribution in [3.63, 3.8) is 0 Å². The van der Waals surface area contributed by atoms with E-state index in [1.807, 2.05) is 0 Å². The van der Waals surface area contributed by atoms with E-state index in [1.165, 1.54) is 0 Å². The van der Waals surface area contributed by atoms with Gasteiger partial charge in [0.2, 0.25) is 5.91 Å². The van der Waals surface area contributed by atoms with Gasteiger partial charge in [-0.1, -0.05) is 19.8 Å². The Kier molecular flexibility index (Phi) is 5.77. The summed E-state index contributed by atoms with van der Waals surface area (Å²) < 4.78 is 0. The molecular weight excluding hydrogens is 204 g/mol. The minimum Gasteiger partial charge on any atom is -0.396 e. The highest BCUT2D eigenvalue weighted by atomic mass is 16.3. The molecule has 3 unspecified atom stereocenters. The molecule has 94 valence electrons. The Labute approximate surface area is 97.6 Å². The van der Waals surface area contributed by atoms with Gasteiger partial charge in [0.1, 0.15) is 0 Å². The molecule has 1 aliphatic carbocycles. The zero-order valence-electron chi connectivity index (χ0n) is 10.1. The Morgan fingerprint density at radius 2 is 2.31 bits per heavy atom. The Morgan fingerprint density at radius 3 is 2.94 bits per heavy atom. The van der Waals surface area contributed by atoms with Crippen LogP contribution in [0.1, 0.15) is 45.4 Å². The molecule has 0 bridgehead atoms. The third-order valence-electron chi connectivity index (χ3n) is 3.35. The van der Waals surface area contributed by atoms with E-state index in [4.69, 9.17) is 10.8 Å². The fourth-order valence-corrected chi connectivity index (χ4v) is 2.42. The molecule has 3 atom stereocenters. The van der Waals surface area contributed by atoms with Crippen molar-refractivity contribution >= 4 is 5.91 Å². The highest BCUT2D eigenvalue weighted by Gasteiger charge is 2.27. The van der Waals surface area contributed by atoms with Gasteiger partial charge < -0.3 is 16.2 Å². The Bertz CT molecular complexity index is 221. The number of rotatable bonds is 6. The van der Waals surface area contributed by atoms with Crippen molar-refractivity contribution in [1.29, 1.82) is 0 Å². The maximum Gasteiger partial charge on any atom is 0.221 e. The molecule has 0 aliphatic heterocycles. The summed E-state index contributed by atoms with van der Waals surface area (Å²) >= 11 is 0. The van der Waals surface area contributed by atoms with Gasteiger partial charge in [-0.25, -0.2) is 0 Å². The number of aliphatic hydroxyl groups is 1. The lowest BCUT2D eigenvalue weighted by atomic mass is 10.0. The number of hydrogen-bond acceptors (Lipinski definition) is 3. The van der Waals surface area contributed by atoms with Crippen molar-refractivity contribution < 1.29 is 9.90 Å². The normalized spacial score (nSPS) is 26.7. The van der Waals surface area contributed by atoms with Gasteiger partial charge in [-0.15, -0.1) is 0 Å². The molecule has 4 heteroatoms. The molecule has 4 N–H and O–H groups in total. The van der Waals surface area contributed by atoms with Crippen LogP contribution in [0.4, 0.5) is 0 Å². The third kappa shape index (κ3) is 4.10. The molecule has 0 saturated heterocycles. The molecule has 4 nitrogen and oxygen atoms in total. The van der Waals surface area contributed by atoms with Crippen LogP contribution in [0, 0.1) is 5.92 Å². The monoisotopic (exact) mass is 228 g/mol. The lowest BCUT2D eigenvalue weighted by Crippen LogP contribution is -2.41. The number of nitrogens with one attached hydrogen (secondary N) is 1. The molecule has 1 saturated carbocycles. The van der Waals surface area contributed by atoms with Crippen LogP contribution in [0.2, 0.25) is 0 Å². The highest BCUT2D eigenvalue weighted by Crippen LogP contribution is 2.25. The first-order valence-electron chi connectivity index (χ1n) is 6.33. The highest BCUT2D eigenvalue weighted by molar-refractivity contribution is 5.76. The summed E-state index contributed by atoms with van der Waals surface area (Å²) in [6.07, 6.45) is 5.40. The first-order chi connectivity index (χ1) is 7.67. The van der Waals surface area contributed by atoms with Gasteiger partial charge in [-0.3, -0.25) is 4.79 Å². The predicted molar refractivity (Wildman–Crippen MR) is 63.9 cm³/mol. The minimum absolute atomic E-state index is 0.0287. The van der Waals surface area contributed by atoms with E-state index >= 15 is 0 Å². The van der Waals surface area contributed by atoms with E-state index in [0.717, 1.165) is 32.1 Å². The first-order valence-corrected chi connectivity index (χ1v) is 6.33. The maximum atomic E-state index is 11.7. The number of hydrogen-bond donors (Lipinski definition) is 3. The van der Waals surface area contributed by atoms with E-state index in [2.05, 4.69) is 12.2 Å². The molecule has 0 spiro atoms. The molecule has 0 radical (unpaired) electrons. The average Bonchev–Trinajstić information content (AvgIpc) is 2.65. The van der Waals surface area contributed by atoms with Crippen LogP contribution in [0.3, 0.4) is 0 Å². The van der Waals surface area contributed by atoms with Crippen LogP contribution >= 0.6 is 0 Å². The van der Waals surface area contributed by atoms with Crippen LogP contribution in [0.15, 0.2) is 0 Å². The molecule has 16 heavy (non-hydrogen) atoms. The van der Waals surface area contributed by atoms with Gasteiger partial charge in [0.15, 0.2) is 0 Å². The Hall–Kier alpha value is -0.610. The van der Waals surface area contributed by atoms with Gasteiger partial charge >= 0.3 is 0 Å². The van der Waals surface area contributed by atoms with Crippen molar-refractivity contribution in [2.75, 3.05) is 6.61 Å². The summed E-state index contributed by atoms with van der Waals surface area (Å²) in [5.74, 6) is 0.276. The van der Waals surface area contributed by atoms with Crippen LogP contribution in [0.5, 0.6) is 0 Å². The predicted octanol–water partition coefficient (Wildman–Crippen LogP) is 0.781. The van der Waals surface area contributed by atoms with Gasteiger partial charge in [0, 0.05) is 31.0 Å². The minimum atomic E-state index is -0.0287. The standard InChI is InChI=1S/C12H24N2O2/c1-2-4-10(13)7-12(16)14-11-6-3-5-9(11)8-15/h9-11,15H,2-8,13H2,1H3,(H,14,16). The maximum absolute atomic E-state index is 11.7. The molecule has 1 aliphatic rings. The average molecular weight is 228 g/mol. The summed E-state index contributed by atoms with van der Waals surface area (Å²) in [7, 11) is 0. The third-order valence-corrected chi connectivity index (χ3v) is 3.35. The zero-order chi connectivity index (χ0) is 12.0. The molecule has 0 aromatic carbocycles. The molecule has 1 amide bonds. The number of aliphatic hydroxyl groups excluding tert-OH is 1. The molecule has 0 aromatic heterocycles. The number of amides is 1. The Balaban J connectivity index is 2.28. The second-order valence-electron chi connectivity index (χ2n) is 4.80. The molecule has 1 fully saturated rings. The van der Waals surface area contributed by atoms with Crippen LogP contribution in [-0.4, -0.2) is 29.7 Å². The van der Waals surface area contributed by atoms with Crippen molar-refractivity contribution in [3.8, 4) is 0 Å². The molecule has 1 rings (SSSR count). The SMILES string of the molecule is CCCC(N)CC(=O)NC1CCCC1CO. The van der Waals surface area contributed by atoms with E-state index in [1.54, 1.807) is 0 Å². The smallest absolute Gasteiger partial charge is 0.221 e. The van der Waals surface area contributed by atoms with Crippen molar-refractivity contribution in [2.45, 2.75) is 57.5 Å². The van der Waals surface area contributed by atoms with Gasteiger partial charge in [0.05, 0.1) is 0 Å². The van der Waals surface area contributed by atoms with Gasteiger partial charge in [-0.05, 0) is 19.3 Å². The van der Waals surface area contributed by atoms with Gasteiger partial charge in [-0.2, -0.15) is 0 Å².